The lowest BCUT2D eigenvalue weighted by Gasteiger charge is -2.01. The molecule has 102 valence electrons. The zero-order valence-electron chi connectivity index (χ0n) is 11.5. The van der Waals surface area contributed by atoms with Crippen LogP contribution in [0.3, 0.4) is 0 Å². The van der Waals surface area contributed by atoms with E-state index in [1.807, 2.05) is 0 Å². The van der Waals surface area contributed by atoms with Crippen molar-refractivity contribution in [2.45, 2.75) is 13.3 Å². The Morgan fingerprint density at radius 2 is 2.00 bits per heavy atom. The van der Waals surface area contributed by atoms with Gasteiger partial charge in [-0.25, -0.2) is 4.98 Å². The predicted octanol–water partition coefficient (Wildman–Crippen LogP) is 2.43. The first-order valence-electron chi connectivity index (χ1n) is 6.51. The monoisotopic (exact) mass is 260 g/mol. The minimum atomic E-state index is 0.722. The molecule has 0 saturated heterocycles. The quantitative estimate of drug-likeness (QED) is 0.777. The van der Waals surface area contributed by atoms with Crippen LogP contribution < -0.4 is 5.32 Å². The number of oxazole rings is 1. The third-order valence-electron chi connectivity index (χ3n) is 2.89. The van der Waals surface area contributed by atoms with Crippen LogP contribution in [0.2, 0.25) is 0 Å². The number of aromatic nitrogens is 1. The van der Waals surface area contributed by atoms with Crippen molar-refractivity contribution in [2.75, 3.05) is 26.8 Å². The van der Waals surface area contributed by atoms with Gasteiger partial charge < -0.3 is 14.5 Å². The average Bonchev–Trinajstić information content (AvgIpc) is 2.88. The van der Waals surface area contributed by atoms with Crippen LogP contribution >= 0.6 is 0 Å². The molecule has 2 aromatic rings. The van der Waals surface area contributed by atoms with E-state index in [-0.39, 0.29) is 0 Å². The van der Waals surface area contributed by atoms with Crippen LogP contribution in [-0.4, -0.2) is 31.8 Å². The maximum Gasteiger partial charge on any atom is 0.196 e. The van der Waals surface area contributed by atoms with Gasteiger partial charge in [0.2, 0.25) is 0 Å². The summed E-state index contributed by atoms with van der Waals surface area (Å²) < 4.78 is 10.7. The highest BCUT2D eigenvalue weighted by atomic mass is 16.5. The molecule has 0 saturated carbocycles. The maximum atomic E-state index is 5.73. The third kappa shape index (κ3) is 4.19. The summed E-state index contributed by atoms with van der Waals surface area (Å²) in [6, 6.07) is 8.25. The van der Waals surface area contributed by atoms with Gasteiger partial charge in [0.1, 0.15) is 0 Å². The topological polar surface area (TPSA) is 47.3 Å². The smallest absolute Gasteiger partial charge is 0.196 e. The second-order valence-corrected chi connectivity index (χ2v) is 4.48. The first-order valence-corrected chi connectivity index (χ1v) is 6.51. The molecule has 2 rings (SSSR count). The summed E-state index contributed by atoms with van der Waals surface area (Å²) in [6.45, 7) is 4.49. The Labute approximate surface area is 113 Å². The van der Waals surface area contributed by atoms with Crippen molar-refractivity contribution in [3.63, 3.8) is 0 Å². The third-order valence-corrected chi connectivity index (χ3v) is 2.89. The van der Waals surface area contributed by atoms with Crippen LogP contribution in [0.15, 0.2) is 34.9 Å². The molecule has 0 unspecified atom stereocenters. The van der Waals surface area contributed by atoms with E-state index in [0.29, 0.717) is 0 Å². The number of hydrogen-bond donors (Lipinski definition) is 1. The Balaban J connectivity index is 1.86. The summed E-state index contributed by atoms with van der Waals surface area (Å²) in [5, 5.41) is 3.27. The lowest BCUT2D eigenvalue weighted by Crippen LogP contribution is -2.21. The van der Waals surface area contributed by atoms with Gasteiger partial charge in [-0.3, -0.25) is 0 Å². The van der Waals surface area contributed by atoms with Crippen LogP contribution in [0.4, 0.5) is 0 Å². The van der Waals surface area contributed by atoms with Crippen molar-refractivity contribution in [3.05, 3.63) is 41.9 Å². The van der Waals surface area contributed by atoms with Crippen LogP contribution in [0.5, 0.6) is 0 Å². The Bertz CT molecular complexity index is 491. The highest BCUT2D eigenvalue weighted by Crippen LogP contribution is 2.20. The molecule has 0 aliphatic heterocycles. The minimum Gasteiger partial charge on any atom is -0.441 e. The van der Waals surface area contributed by atoms with Gasteiger partial charge in [0.05, 0.1) is 12.8 Å². The van der Waals surface area contributed by atoms with Crippen molar-refractivity contribution in [1.29, 1.82) is 0 Å². The van der Waals surface area contributed by atoms with E-state index in [0.717, 1.165) is 43.3 Å². The molecule has 1 aromatic heterocycles. The molecular weight excluding hydrogens is 240 g/mol. The van der Waals surface area contributed by atoms with E-state index in [9.17, 15) is 0 Å². The molecule has 0 atom stereocenters. The summed E-state index contributed by atoms with van der Waals surface area (Å²) in [5.74, 6) is 1.59. The average molecular weight is 260 g/mol. The minimum absolute atomic E-state index is 0.722. The van der Waals surface area contributed by atoms with Crippen LogP contribution in [0, 0.1) is 6.92 Å². The van der Waals surface area contributed by atoms with Gasteiger partial charge in [-0.15, -0.1) is 0 Å². The largest absolute Gasteiger partial charge is 0.441 e. The number of rotatable bonds is 7. The first kappa shape index (κ1) is 13.8. The molecule has 1 aromatic carbocycles. The number of nitrogens with zero attached hydrogens (tertiary/aromatic N) is 1. The van der Waals surface area contributed by atoms with Crippen LogP contribution in [-0.2, 0) is 11.2 Å². The highest BCUT2D eigenvalue weighted by Gasteiger charge is 2.05. The molecular formula is C15H20N2O2. The van der Waals surface area contributed by atoms with Gasteiger partial charge in [-0.1, -0.05) is 29.8 Å². The van der Waals surface area contributed by atoms with E-state index in [4.69, 9.17) is 9.15 Å². The molecule has 19 heavy (non-hydrogen) atoms. The van der Waals surface area contributed by atoms with E-state index < -0.39 is 0 Å². The Kier molecular flexibility index (Phi) is 5.12. The Hall–Kier alpha value is -1.65. The molecule has 0 radical (unpaired) electrons. The van der Waals surface area contributed by atoms with Gasteiger partial charge in [-0.05, 0) is 6.92 Å². The highest BCUT2D eigenvalue weighted by molar-refractivity contribution is 5.56. The van der Waals surface area contributed by atoms with Crippen LogP contribution in [0.1, 0.15) is 11.5 Å². The van der Waals surface area contributed by atoms with Gasteiger partial charge in [0.15, 0.2) is 11.7 Å². The number of aryl methyl sites for hydroxylation is 1. The lowest BCUT2D eigenvalue weighted by atomic mass is 10.1. The molecule has 0 bridgehead atoms. The zero-order chi connectivity index (χ0) is 13.5. The summed E-state index contributed by atoms with van der Waals surface area (Å²) in [7, 11) is 1.70. The van der Waals surface area contributed by atoms with Crippen molar-refractivity contribution in [1.82, 2.24) is 10.3 Å². The molecule has 0 spiro atoms. The standard InChI is InChI=1S/C15H20N2O2/c1-12-3-5-13(6-4-12)14-11-17-15(19-14)7-8-16-9-10-18-2/h3-6,11,16H,7-10H2,1-2H3. The van der Waals surface area contributed by atoms with Gasteiger partial charge in [-0.2, -0.15) is 0 Å². The van der Waals surface area contributed by atoms with Gasteiger partial charge in [0, 0.05) is 32.2 Å². The lowest BCUT2D eigenvalue weighted by molar-refractivity contribution is 0.199. The zero-order valence-corrected chi connectivity index (χ0v) is 11.5. The summed E-state index contributed by atoms with van der Waals surface area (Å²) in [6.07, 6.45) is 2.57. The normalized spacial score (nSPS) is 10.8. The molecule has 4 heteroatoms. The van der Waals surface area contributed by atoms with Crippen LogP contribution in [0.25, 0.3) is 11.3 Å². The Morgan fingerprint density at radius 3 is 2.74 bits per heavy atom. The summed E-state index contributed by atoms with van der Waals surface area (Å²) >= 11 is 0. The number of nitrogens with one attached hydrogen (secondary N) is 1. The molecule has 0 amide bonds. The van der Waals surface area contributed by atoms with Crippen molar-refractivity contribution in [2.24, 2.45) is 0 Å². The molecule has 1 heterocycles. The summed E-state index contributed by atoms with van der Waals surface area (Å²) in [5.41, 5.74) is 2.31. The van der Waals surface area contributed by atoms with Gasteiger partial charge >= 0.3 is 0 Å². The molecule has 0 aliphatic carbocycles. The molecule has 4 nitrogen and oxygen atoms in total. The maximum absolute atomic E-state index is 5.73. The van der Waals surface area contributed by atoms with Crippen molar-refractivity contribution < 1.29 is 9.15 Å². The van der Waals surface area contributed by atoms with E-state index >= 15 is 0 Å². The fourth-order valence-corrected chi connectivity index (χ4v) is 1.77. The Morgan fingerprint density at radius 1 is 1.21 bits per heavy atom. The fraction of sp³-hybridized carbons (Fsp3) is 0.400. The van der Waals surface area contributed by atoms with Gasteiger partial charge in [0.25, 0.3) is 0 Å². The first-order chi connectivity index (χ1) is 9.29. The fourth-order valence-electron chi connectivity index (χ4n) is 1.77. The SMILES string of the molecule is COCCNCCc1ncc(-c2ccc(C)cc2)o1. The van der Waals surface area contributed by atoms with E-state index in [1.165, 1.54) is 5.56 Å². The van der Waals surface area contributed by atoms with E-state index in [1.54, 1.807) is 13.3 Å². The second-order valence-electron chi connectivity index (χ2n) is 4.48. The predicted molar refractivity (Wildman–Crippen MR) is 75.1 cm³/mol. The molecule has 1 N–H and O–H groups in total. The number of ether oxygens (including phenoxy) is 1. The second kappa shape index (κ2) is 7.07. The number of hydrogen-bond acceptors (Lipinski definition) is 4. The number of benzene rings is 1. The van der Waals surface area contributed by atoms with E-state index in [2.05, 4.69) is 41.5 Å². The molecule has 0 fully saturated rings. The van der Waals surface area contributed by atoms with Crippen molar-refractivity contribution in [3.8, 4) is 11.3 Å². The van der Waals surface area contributed by atoms with Crippen molar-refractivity contribution >= 4 is 0 Å². The summed E-state index contributed by atoms with van der Waals surface area (Å²) in [4.78, 5) is 4.29. The molecule has 0 aliphatic rings. The number of methoxy groups -OCH3 is 1.